The molecule has 1 heterocycles. The van der Waals surface area contributed by atoms with Crippen LogP contribution in [0.25, 0.3) is 55.3 Å². The summed E-state index contributed by atoms with van der Waals surface area (Å²) >= 11 is 0. The number of anilines is 3. The molecule has 48 heavy (non-hydrogen) atoms. The first-order valence-corrected chi connectivity index (χ1v) is 16.4. The molecule has 2 nitrogen and oxygen atoms in total. The van der Waals surface area contributed by atoms with Gasteiger partial charge < -0.3 is 9.64 Å². The van der Waals surface area contributed by atoms with Crippen molar-refractivity contribution in [3.63, 3.8) is 0 Å². The Labute approximate surface area is 280 Å². The fourth-order valence-electron chi connectivity index (χ4n) is 7.00. The Hall–Kier alpha value is -6.38. The van der Waals surface area contributed by atoms with E-state index in [1.54, 1.807) is 0 Å². The lowest BCUT2D eigenvalue weighted by Crippen LogP contribution is -2.11. The summed E-state index contributed by atoms with van der Waals surface area (Å²) in [6.07, 6.45) is 0. The van der Waals surface area contributed by atoms with Crippen molar-refractivity contribution in [3.05, 3.63) is 188 Å². The van der Waals surface area contributed by atoms with Gasteiger partial charge in [-0.1, -0.05) is 152 Å². The van der Waals surface area contributed by atoms with E-state index in [1.165, 1.54) is 21.9 Å². The van der Waals surface area contributed by atoms with Crippen molar-refractivity contribution < 1.29 is 4.74 Å². The van der Waals surface area contributed by atoms with Crippen molar-refractivity contribution >= 4 is 27.8 Å². The molecule has 0 N–H and O–H groups in total. The fourth-order valence-corrected chi connectivity index (χ4v) is 7.00. The monoisotopic (exact) mass is 613 g/mol. The number of fused-ring (bicyclic) bond motifs is 6. The van der Waals surface area contributed by atoms with Crippen molar-refractivity contribution in [1.29, 1.82) is 0 Å². The second kappa shape index (κ2) is 11.8. The minimum atomic E-state index is 0.828. The first-order valence-electron chi connectivity index (χ1n) is 16.4. The summed E-state index contributed by atoms with van der Waals surface area (Å²) < 4.78 is 7.14. The average Bonchev–Trinajstić information content (AvgIpc) is 3.31. The minimum Gasteiger partial charge on any atom is -0.454 e. The van der Waals surface area contributed by atoms with Gasteiger partial charge in [-0.05, 0) is 80.6 Å². The van der Waals surface area contributed by atoms with E-state index in [2.05, 4.69) is 193 Å². The Bertz CT molecular complexity index is 2410. The molecule has 8 aromatic carbocycles. The number of para-hydroxylation sites is 1. The van der Waals surface area contributed by atoms with Crippen molar-refractivity contribution in [3.8, 4) is 56.0 Å². The van der Waals surface area contributed by atoms with Crippen LogP contribution in [0.15, 0.2) is 188 Å². The summed E-state index contributed by atoms with van der Waals surface area (Å²) in [5.41, 5.74) is 12.2. The molecule has 0 saturated carbocycles. The van der Waals surface area contributed by atoms with Crippen LogP contribution in [0.5, 0.6) is 11.5 Å². The lowest BCUT2D eigenvalue weighted by atomic mass is 9.89. The Kier molecular flexibility index (Phi) is 6.84. The van der Waals surface area contributed by atoms with Crippen LogP contribution in [0.2, 0.25) is 0 Å². The Morgan fingerprint density at radius 2 is 0.938 bits per heavy atom. The van der Waals surface area contributed by atoms with Gasteiger partial charge in [-0.2, -0.15) is 0 Å². The highest BCUT2D eigenvalue weighted by atomic mass is 16.5. The molecule has 226 valence electrons. The SMILES string of the molecule is c1ccc(-c2ccc(N(c3ccc4ccccc4c3)c3cccc4c3Oc3cccc(-c5ccccc5)c3-c3ccccc3-4)cc2)cc1. The molecule has 0 unspecified atom stereocenters. The molecule has 0 atom stereocenters. The second-order valence-electron chi connectivity index (χ2n) is 12.1. The maximum atomic E-state index is 7.14. The molecule has 0 aromatic heterocycles. The second-order valence-corrected chi connectivity index (χ2v) is 12.1. The molecule has 8 aromatic rings. The first-order chi connectivity index (χ1) is 23.8. The van der Waals surface area contributed by atoms with Crippen LogP contribution < -0.4 is 9.64 Å². The van der Waals surface area contributed by atoms with Crippen molar-refractivity contribution in [1.82, 2.24) is 0 Å². The van der Waals surface area contributed by atoms with Gasteiger partial charge in [0.2, 0.25) is 0 Å². The number of rotatable bonds is 5. The van der Waals surface area contributed by atoms with Crippen LogP contribution in [-0.4, -0.2) is 0 Å². The molecule has 1 aliphatic heterocycles. The van der Waals surface area contributed by atoms with Crippen LogP contribution in [0, 0.1) is 0 Å². The van der Waals surface area contributed by atoms with Crippen molar-refractivity contribution in [2.75, 3.05) is 4.90 Å². The molecule has 0 fully saturated rings. The zero-order valence-corrected chi connectivity index (χ0v) is 26.3. The van der Waals surface area contributed by atoms with E-state index >= 15 is 0 Å². The molecule has 0 saturated heterocycles. The van der Waals surface area contributed by atoms with Crippen LogP contribution in [0.4, 0.5) is 17.1 Å². The molecule has 0 spiro atoms. The number of hydrogen-bond donors (Lipinski definition) is 0. The predicted octanol–water partition coefficient (Wildman–Crippen LogP) is 13.1. The third-order valence-corrected chi connectivity index (χ3v) is 9.27. The van der Waals surface area contributed by atoms with Gasteiger partial charge in [-0.3, -0.25) is 0 Å². The molecule has 0 bridgehead atoms. The van der Waals surface area contributed by atoms with Crippen LogP contribution in [0.1, 0.15) is 0 Å². The highest BCUT2D eigenvalue weighted by Crippen LogP contribution is 2.54. The minimum absolute atomic E-state index is 0.828. The number of benzene rings is 8. The van der Waals surface area contributed by atoms with E-state index in [1.807, 2.05) is 0 Å². The van der Waals surface area contributed by atoms with Gasteiger partial charge in [0.1, 0.15) is 5.75 Å². The van der Waals surface area contributed by atoms with E-state index in [4.69, 9.17) is 4.74 Å². The van der Waals surface area contributed by atoms with Crippen molar-refractivity contribution in [2.45, 2.75) is 0 Å². The van der Waals surface area contributed by atoms with Gasteiger partial charge in [0.25, 0.3) is 0 Å². The summed E-state index contributed by atoms with van der Waals surface area (Å²) in [4.78, 5) is 2.33. The highest BCUT2D eigenvalue weighted by Gasteiger charge is 2.28. The normalized spacial score (nSPS) is 11.5. The van der Waals surface area contributed by atoms with E-state index in [0.717, 1.165) is 61.9 Å². The average molecular weight is 614 g/mol. The molecule has 2 heteroatoms. The topological polar surface area (TPSA) is 12.5 Å². The van der Waals surface area contributed by atoms with E-state index in [9.17, 15) is 0 Å². The van der Waals surface area contributed by atoms with Crippen molar-refractivity contribution in [2.24, 2.45) is 0 Å². The maximum Gasteiger partial charge on any atom is 0.159 e. The predicted molar refractivity (Wildman–Crippen MR) is 200 cm³/mol. The summed E-state index contributed by atoms with van der Waals surface area (Å²) in [6, 6.07) is 66.7. The summed E-state index contributed by atoms with van der Waals surface area (Å²) in [6.45, 7) is 0. The van der Waals surface area contributed by atoms with Gasteiger partial charge in [-0.25, -0.2) is 0 Å². The summed E-state index contributed by atoms with van der Waals surface area (Å²) in [5, 5.41) is 2.40. The fraction of sp³-hybridized carbons (Fsp3) is 0. The zero-order chi connectivity index (χ0) is 31.9. The molecule has 0 amide bonds. The van der Waals surface area contributed by atoms with Crippen LogP contribution in [0.3, 0.4) is 0 Å². The smallest absolute Gasteiger partial charge is 0.159 e. The van der Waals surface area contributed by atoms with Gasteiger partial charge in [0.05, 0.1) is 5.69 Å². The lowest BCUT2D eigenvalue weighted by molar-refractivity contribution is 0.489. The van der Waals surface area contributed by atoms with Gasteiger partial charge >= 0.3 is 0 Å². The Morgan fingerprint density at radius 1 is 0.354 bits per heavy atom. The third-order valence-electron chi connectivity index (χ3n) is 9.27. The lowest BCUT2D eigenvalue weighted by Gasteiger charge is -2.28. The highest BCUT2D eigenvalue weighted by molar-refractivity contribution is 6.00. The largest absolute Gasteiger partial charge is 0.454 e. The molecular weight excluding hydrogens is 583 g/mol. The summed E-state index contributed by atoms with van der Waals surface area (Å²) in [5.74, 6) is 1.67. The number of ether oxygens (including phenoxy) is 1. The number of nitrogens with zero attached hydrogens (tertiary/aromatic N) is 1. The van der Waals surface area contributed by atoms with E-state index < -0.39 is 0 Å². The molecule has 0 radical (unpaired) electrons. The first kappa shape index (κ1) is 27.9. The van der Waals surface area contributed by atoms with E-state index in [-0.39, 0.29) is 0 Å². The molecule has 9 rings (SSSR count). The van der Waals surface area contributed by atoms with Gasteiger partial charge in [0, 0.05) is 22.5 Å². The Morgan fingerprint density at radius 3 is 1.73 bits per heavy atom. The quantitative estimate of drug-likeness (QED) is 0.191. The van der Waals surface area contributed by atoms with Crippen LogP contribution >= 0.6 is 0 Å². The third kappa shape index (κ3) is 4.83. The zero-order valence-electron chi connectivity index (χ0n) is 26.3. The van der Waals surface area contributed by atoms with Gasteiger partial charge in [0.15, 0.2) is 5.75 Å². The maximum absolute atomic E-state index is 7.14. The number of hydrogen-bond acceptors (Lipinski definition) is 2. The Balaban J connectivity index is 1.27. The molecule has 1 aliphatic rings. The van der Waals surface area contributed by atoms with Crippen LogP contribution in [-0.2, 0) is 0 Å². The van der Waals surface area contributed by atoms with Gasteiger partial charge in [-0.15, -0.1) is 0 Å². The summed E-state index contributed by atoms with van der Waals surface area (Å²) in [7, 11) is 0. The standard InChI is InChI=1S/C46H31NO/c1-3-13-32(14-4-1)34-25-28-37(29-26-34)47(38-30-27-33-15-7-8-18-36(33)31-38)43-23-11-22-42-40-19-9-10-20-41(40)45-39(35-16-5-2-6-17-35)21-12-24-44(45)48-46(42)43/h1-31H. The van der Waals surface area contributed by atoms with E-state index in [0.29, 0.717) is 0 Å². The molecule has 0 aliphatic carbocycles. The molecular formula is C46H31NO.